The maximum atomic E-state index is 12.0. The molecule has 1 N–H and O–H groups in total. The zero-order chi connectivity index (χ0) is 15.1. The number of nitrogens with zero attached hydrogens (tertiary/aromatic N) is 1. The first-order valence-corrected chi connectivity index (χ1v) is 7.79. The van der Waals surface area contributed by atoms with Gasteiger partial charge >= 0.3 is 0 Å². The molecule has 1 fully saturated rings. The van der Waals surface area contributed by atoms with E-state index in [0.29, 0.717) is 12.3 Å². The summed E-state index contributed by atoms with van der Waals surface area (Å²) >= 11 is 0. The number of furan rings is 1. The molecule has 0 aliphatic heterocycles. The number of nitrogens with one attached hydrogen (secondary N) is 1. The van der Waals surface area contributed by atoms with Crippen LogP contribution in [0.3, 0.4) is 0 Å². The van der Waals surface area contributed by atoms with Crippen molar-refractivity contribution < 1.29 is 9.21 Å². The summed E-state index contributed by atoms with van der Waals surface area (Å²) < 4.78 is 5.18. The topological polar surface area (TPSA) is 45.5 Å². The first-order valence-electron chi connectivity index (χ1n) is 7.79. The predicted octanol–water partition coefficient (Wildman–Crippen LogP) is 3.06. The van der Waals surface area contributed by atoms with Crippen LogP contribution in [0.25, 0.3) is 6.08 Å². The molecule has 1 aliphatic rings. The number of carbonyl (C=O) groups excluding carboxylic acids is 1. The van der Waals surface area contributed by atoms with Gasteiger partial charge in [-0.2, -0.15) is 0 Å². The van der Waals surface area contributed by atoms with E-state index >= 15 is 0 Å². The minimum atomic E-state index is -0.0585. The van der Waals surface area contributed by atoms with E-state index in [-0.39, 0.29) is 11.4 Å². The van der Waals surface area contributed by atoms with Gasteiger partial charge in [0.2, 0.25) is 5.91 Å². The summed E-state index contributed by atoms with van der Waals surface area (Å²) in [7, 11) is 4.24. The summed E-state index contributed by atoms with van der Waals surface area (Å²) in [5, 5.41) is 3.06. The standard InChI is InChI=1S/C17H26N2O2/c1-19(2)17(11-5-3-4-6-12-17)14-18-16(20)10-9-15-8-7-13-21-15/h7-10,13H,3-6,11-12,14H2,1-2H3,(H,18,20)/b10-9+. The van der Waals surface area contributed by atoms with Gasteiger partial charge in [0.1, 0.15) is 5.76 Å². The highest BCUT2D eigenvalue weighted by molar-refractivity contribution is 5.91. The molecular formula is C17H26N2O2. The first-order chi connectivity index (χ1) is 10.1. The zero-order valence-corrected chi connectivity index (χ0v) is 13.1. The third-order valence-corrected chi connectivity index (χ3v) is 4.52. The second-order valence-electron chi connectivity index (χ2n) is 6.10. The lowest BCUT2D eigenvalue weighted by Crippen LogP contribution is -2.52. The average molecular weight is 290 g/mol. The molecule has 0 atom stereocenters. The van der Waals surface area contributed by atoms with Crippen LogP contribution in [0.5, 0.6) is 0 Å². The maximum Gasteiger partial charge on any atom is 0.244 e. The van der Waals surface area contributed by atoms with Gasteiger partial charge < -0.3 is 14.6 Å². The highest BCUT2D eigenvalue weighted by Crippen LogP contribution is 2.30. The molecule has 1 saturated carbocycles. The smallest absolute Gasteiger partial charge is 0.244 e. The Bertz CT molecular complexity index is 455. The van der Waals surface area contributed by atoms with Crippen molar-refractivity contribution in [2.45, 2.75) is 44.1 Å². The molecule has 116 valence electrons. The van der Waals surface area contributed by atoms with Crippen molar-refractivity contribution in [3.05, 3.63) is 30.2 Å². The molecule has 0 radical (unpaired) electrons. The molecule has 1 aliphatic carbocycles. The second kappa shape index (κ2) is 7.46. The van der Waals surface area contributed by atoms with Gasteiger partial charge in [-0.1, -0.05) is 25.7 Å². The minimum absolute atomic E-state index is 0.0585. The van der Waals surface area contributed by atoms with Gasteiger partial charge in [-0.05, 0) is 45.1 Å². The quantitative estimate of drug-likeness (QED) is 0.669. The van der Waals surface area contributed by atoms with Crippen molar-refractivity contribution in [1.82, 2.24) is 10.2 Å². The first kappa shape index (κ1) is 15.8. The normalized spacial score (nSPS) is 18.8. The number of rotatable bonds is 5. The Kier molecular flexibility index (Phi) is 5.62. The fraction of sp³-hybridized carbons (Fsp3) is 0.588. The maximum absolute atomic E-state index is 12.0. The molecule has 1 aromatic heterocycles. The van der Waals surface area contributed by atoms with Crippen molar-refractivity contribution in [2.75, 3.05) is 20.6 Å². The van der Waals surface area contributed by atoms with Crippen LogP contribution < -0.4 is 5.32 Å². The Balaban J connectivity index is 1.90. The molecule has 0 unspecified atom stereocenters. The molecule has 0 bridgehead atoms. The molecule has 4 nitrogen and oxygen atoms in total. The van der Waals surface area contributed by atoms with Gasteiger partial charge in [-0.25, -0.2) is 0 Å². The van der Waals surface area contributed by atoms with Crippen molar-refractivity contribution in [3.63, 3.8) is 0 Å². The summed E-state index contributed by atoms with van der Waals surface area (Å²) in [4.78, 5) is 14.3. The van der Waals surface area contributed by atoms with E-state index < -0.39 is 0 Å². The van der Waals surface area contributed by atoms with Crippen molar-refractivity contribution >= 4 is 12.0 Å². The van der Waals surface area contributed by atoms with Crippen molar-refractivity contribution in [2.24, 2.45) is 0 Å². The molecule has 2 rings (SSSR count). The number of likely N-dealkylation sites (N-methyl/N-ethyl adjacent to an activating group) is 1. The van der Waals surface area contributed by atoms with Crippen molar-refractivity contribution in [3.8, 4) is 0 Å². The summed E-state index contributed by atoms with van der Waals surface area (Å²) in [6, 6.07) is 3.64. The van der Waals surface area contributed by atoms with E-state index in [1.54, 1.807) is 18.4 Å². The van der Waals surface area contributed by atoms with Crippen LogP contribution in [0.1, 0.15) is 44.3 Å². The van der Waals surface area contributed by atoms with Gasteiger partial charge in [-0.15, -0.1) is 0 Å². The summed E-state index contributed by atoms with van der Waals surface area (Å²) in [5.74, 6) is 0.638. The lowest BCUT2D eigenvalue weighted by molar-refractivity contribution is -0.117. The molecule has 1 aromatic rings. The van der Waals surface area contributed by atoms with Gasteiger partial charge in [0.15, 0.2) is 0 Å². The van der Waals surface area contributed by atoms with Crippen LogP contribution in [-0.4, -0.2) is 37.0 Å². The number of hydrogen-bond donors (Lipinski definition) is 1. The minimum Gasteiger partial charge on any atom is -0.465 e. The summed E-state index contributed by atoms with van der Waals surface area (Å²) in [6.07, 6.45) is 12.3. The van der Waals surface area contributed by atoms with E-state index in [2.05, 4.69) is 24.3 Å². The van der Waals surface area contributed by atoms with E-state index in [9.17, 15) is 4.79 Å². The lowest BCUT2D eigenvalue weighted by atomic mass is 9.88. The van der Waals surface area contributed by atoms with Crippen molar-refractivity contribution in [1.29, 1.82) is 0 Å². The molecule has 4 heteroatoms. The van der Waals surface area contributed by atoms with Crippen LogP contribution >= 0.6 is 0 Å². The Hall–Kier alpha value is -1.55. The van der Waals surface area contributed by atoms with Gasteiger partial charge in [0.05, 0.1) is 6.26 Å². The van der Waals surface area contributed by atoms with Crippen LogP contribution in [0.4, 0.5) is 0 Å². The second-order valence-corrected chi connectivity index (χ2v) is 6.10. The van der Waals surface area contributed by atoms with E-state index in [1.165, 1.54) is 25.7 Å². The summed E-state index contributed by atoms with van der Waals surface area (Å²) in [6.45, 7) is 0.710. The summed E-state index contributed by atoms with van der Waals surface area (Å²) in [5.41, 5.74) is 0.102. The molecule has 1 heterocycles. The van der Waals surface area contributed by atoms with E-state index in [0.717, 1.165) is 12.8 Å². The van der Waals surface area contributed by atoms with Gasteiger partial charge in [-0.3, -0.25) is 4.79 Å². The van der Waals surface area contributed by atoms with Crippen LogP contribution in [0.2, 0.25) is 0 Å². The van der Waals surface area contributed by atoms with Crippen LogP contribution in [0, 0.1) is 0 Å². The number of hydrogen-bond acceptors (Lipinski definition) is 3. The van der Waals surface area contributed by atoms with Gasteiger partial charge in [0, 0.05) is 18.2 Å². The van der Waals surface area contributed by atoms with E-state index in [1.807, 2.05) is 12.1 Å². The molecular weight excluding hydrogens is 264 g/mol. The highest BCUT2D eigenvalue weighted by atomic mass is 16.3. The monoisotopic (exact) mass is 290 g/mol. The Morgan fingerprint density at radius 1 is 1.33 bits per heavy atom. The van der Waals surface area contributed by atoms with Gasteiger partial charge in [0.25, 0.3) is 0 Å². The lowest BCUT2D eigenvalue weighted by Gasteiger charge is -2.39. The fourth-order valence-electron chi connectivity index (χ4n) is 3.02. The zero-order valence-electron chi connectivity index (χ0n) is 13.1. The molecule has 0 saturated heterocycles. The highest BCUT2D eigenvalue weighted by Gasteiger charge is 2.33. The number of amides is 1. The number of carbonyl (C=O) groups is 1. The Labute approximate surface area is 127 Å². The molecule has 0 aromatic carbocycles. The average Bonchev–Trinajstić information content (AvgIpc) is 2.87. The third kappa shape index (κ3) is 4.46. The third-order valence-electron chi connectivity index (χ3n) is 4.52. The van der Waals surface area contributed by atoms with E-state index in [4.69, 9.17) is 4.42 Å². The molecule has 21 heavy (non-hydrogen) atoms. The Morgan fingerprint density at radius 2 is 2.05 bits per heavy atom. The fourth-order valence-corrected chi connectivity index (χ4v) is 3.02. The van der Waals surface area contributed by atoms with Crippen LogP contribution in [-0.2, 0) is 4.79 Å². The SMILES string of the molecule is CN(C)C1(CNC(=O)/C=C/c2ccco2)CCCCCC1. The predicted molar refractivity (Wildman–Crippen MR) is 84.9 cm³/mol. The van der Waals surface area contributed by atoms with Crippen LogP contribution in [0.15, 0.2) is 28.9 Å². The molecule has 1 amide bonds. The molecule has 0 spiro atoms. The Morgan fingerprint density at radius 3 is 2.62 bits per heavy atom. The largest absolute Gasteiger partial charge is 0.465 e.